The maximum absolute atomic E-state index is 14.0. The number of nitrogens with one attached hydrogen (secondary N) is 3. The number of halogens is 2. The number of carbonyl (C=O) groups excluding carboxylic acids is 1. The second-order valence-corrected chi connectivity index (χ2v) is 7.66. The molecule has 0 spiro atoms. The Labute approximate surface area is 199 Å². The van der Waals surface area contributed by atoms with Crippen molar-refractivity contribution in [1.29, 1.82) is 0 Å². The molecule has 0 saturated carbocycles. The van der Waals surface area contributed by atoms with Crippen molar-refractivity contribution in [2.45, 2.75) is 6.04 Å². The van der Waals surface area contributed by atoms with Crippen molar-refractivity contribution >= 4 is 34.3 Å². The number of aromatic nitrogens is 2. The number of anilines is 2. The highest BCUT2D eigenvalue weighted by molar-refractivity contribution is 6.05. The minimum atomic E-state index is -1.10. The lowest BCUT2D eigenvalue weighted by atomic mass is 10.0. The molecule has 1 unspecified atom stereocenters. The predicted octanol–water partition coefficient (Wildman–Crippen LogP) is 4.23. The number of likely N-dealkylation sites (N-methyl/N-ethyl adjacent to an activating group) is 1. The van der Waals surface area contributed by atoms with Crippen LogP contribution in [0.1, 0.15) is 32.3 Å². The Morgan fingerprint density at radius 1 is 1.00 bits per heavy atom. The maximum Gasteiger partial charge on any atom is 0.337 e. The number of rotatable bonds is 8. The Kier molecular flexibility index (Phi) is 6.93. The van der Waals surface area contributed by atoms with Crippen LogP contribution in [0, 0.1) is 11.6 Å². The second-order valence-electron chi connectivity index (χ2n) is 7.66. The lowest BCUT2D eigenvalue weighted by Crippen LogP contribution is -2.24. The molecule has 0 aliphatic heterocycles. The molecular formula is C25H21F2N5O3. The van der Waals surface area contributed by atoms with Crippen LogP contribution in [0.15, 0.2) is 67.0 Å². The smallest absolute Gasteiger partial charge is 0.337 e. The molecule has 35 heavy (non-hydrogen) atoms. The van der Waals surface area contributed by atoms with E-state index >= 15 is 0 Å². The fraction of sp³-hybridized carbons (Fsp3) is 0.120. The third-order valence-electron chi connectivity index (χ3n) is 5.35. The van der Waals surface area contributed by atoms with E-state index in [0.29, 0.717) is 29.0 Å². The van der Waals surface area contributed by atoms with Gasteiger partial charge in [0.1, 0.15) is 29.3 Å². The van der Waals surface area contributed by atoms with Crippen molar-refractivity contribution in [1.82, 2.24) is 15.3 Å². The fourth-order valence-electron chi connectivity index (χ4n) is 3.74. The van der Waals surface area contributed by atoms with E-state index in [1.165, 1.54) is 18.5 Å². The Bertz CT molecular complexity index is 1390. The van der Waals surface area contributed by atoms with Gasteiger partial charge >= 0.3 is 5.97 Å². The molecule has 1 amide bonds. The molecule has 4 N–H and O–H groups in total. The summed E-state index contributed by atoms with van der Waals surface area (Å²) in [6.07, 6.45) is 1.28. The van der Waals surface area contributed by atoms with E-state index in [0.717, 1.165) is 17.7 Å². The molecule has 0 fully saturated rings. The summed E-state index contributed by atoms with van der Waals surface area (Å²) in [5.41, 5.74) is 0.785. The van der Waals surface area contributed by atoms with Crippen molar-refractivity contribution < 1.29 is 23.5 Å². The van der Waals surface area contributed by atoms with Crippen LogP contribution >= 0.6 is 0 Å². The van der Waals surface area contributed by atoms with E-state index in [-0.39, 0.29) is 11.6 Å². The first kappa shape index (κ1) is 23.7. The van der Waals surface area contributed by atoms with E-state index in [1.54, 1.807) is 37.4 Å². The molecule has 178 valence electrons. The van der Waals surface area contributed by atoms with E-state index < -0.39 is 29.1 Å². The zero-order chi connectivity index (χ0) is 24.9. The number of amides is 1. The molecule has 1 heterocycles. The second kappa shape index (κ2) is 10.2. The molecule has 0 aliphatic rings. The van der Waals surface area contributed by atoms with Gasteiger partial charge in [0.25, 0.3) is 5.91 Å². The van der Waals surface area contributed by atoms with E-state index in [2.05, 4.69) is 25.9 Å². The van der Waals surface area contributed by atoms with Gasteiger partial charge in [0.2, 0.25) is 0 Å². The van der Waals surface area contributed by atoms with Crippen LogP contribution < -0.4 is 16.0 Å². The summed E-state index contributed by atoms with van der Waals surface area (Å²) in [6.45, 7) is 0.448. The van der Waals surface area contributed by atoms with Crippen molar-refractivity contribution in [2.75, 3.05) is 24.2 Å². The first-order valence-electron chi connectivity index (χ1n) is 10.6. The van der Waals surface area contributed by atoms with Crippen molar-refractivity contribution in [3.8, 4) is 0 Å². The Morgan fingerprint density at radius 3 is 2.43 bits per heavy atom. The molecule has 1 atom stereocenters. The largest absolute Gasteiger partial charge is 0.478 e. The molecule has 0 aliphatic carbocycles. The van der Waals surface area contributed by atoms with Crippen molar-refractivity contribution in [3.63, 3.8) is 0 Å². The Balaban J connectivity index is 1.63. The summed E-state index contributed by atoms with van der Waals surface area (Å²) in [5, 5.41) is 18.9. The summed E-state index contributed by atoms with van der Waals surface area (Å²) in [5.74, 6) is -3.48. The van der Waals surface area contributed by atoms with E-state index in [9.17, 15) is 23.5 Å². The monoisotopic (exact) mass is 477 g/mol. The number of carboxylic acids is 1. The third kappa shape index (κ3) is 5.07. The van der Waals surface area contributed by atoms with Crippen molar-refractivity contribution in [3.05, 3.63) is 95.3 Å². The molecule has 0 saturated heterocycles. The minimum absolute atomic E-state index is 0.0585. The van der Waals surface area contributed by atoms with Gasteiger partial charge < -0.3 is 21.1 Å². The molecular weight excluding hydrogens is 456 g/mol. The van der Waals surface area contributed by atoms with Crippen LogP contribution in [0.4, 0.5) is 20.3 Å². The fourth-order valence-corrected chi connectivity index (χ4v) is 3.74. The van der Waals surface area contributed by atoms with Gasteiger partial charge in [0.15, 0.2) is 0 Å². The number of fused-ring (bicyclic) bond motifs is 1. The zero-order valence-corrected chi connectivity index (χ0v) is 18.5. The van der Waals surface area contributed by atoms with Crippen LogP contribution in [0.3, 0.4) is 0 Å². The van der Waals surface area contributed by atoms with Crippen LogP contribution in [-0.4, -0.2) is 40.5 Å². The van der Waals surface area contributed by atoms with Gasteiger partial charge in [-0.15, -0.1) is 0 Å². The number of carbonyl (C=O) groups is 2. The Hall–Kier alpha value is -4.44. The van der Waals surface area contributed by atoms with Crippen LogP contribution in [0.5, 0.6) is 0 Å². The average molecular weight is 477 g/mol. The van der Waals surface area contributed by atoms with Crippen LogP contribution in [0.25, 0.3) is 10.9 Å². The normalized spacial score (nSPS) is 11.7. The lowest BCUT2D eigenvalue weighted by Gasteiger charge is -2.21. The number of hydrogen-bond acceptors (Lipinski definition) is 6. The Morgan fingerprint density at radius 2 is 1.71 bits per heavy atom. The van der Waals surface area contributed by atoms with Gasteiger partial charge in [-0.2, -0.15) is 0 Å². The van der Waals surface area contributed by atoms with Gasteiger partial charge in [0.05, 0.1) is 17.1 Å². The quantitative estimate of drug-likeness (QED) is 0.300. The highest BCUT2D eigenvalue weighted by Gasteiger charge is 2.19. The third-order valence-corrected chi connectivity index (χ3v) is 5.35. The number of hydrogen-bond donors (Lipinski definition) is 4. The van der Waals surface area contributed by atoms with Crippen LogP contribution in [0.2, 0.25) is 0 Å². The first-order chi connectivity index (χ1) is 16.9. The molecule has 8 nitrogen and oxygen atoms in total. The van der Waals surface area contributed by atoms with Crippen molar-refractivity contribution in [2.24, 2.45) is 0 Å². The first-order valence-corrected chi connectivity index (χ1v) is 10.6. The molecule has 4 aromatic rings. The maximum atomic E-state index is 14.0. The molecule has 4 rings (SSSR count). The van der Waals surface area contributed by atoms with Gasteiger partial charge in [-0.25, -0.2) is 23.5 Å². The summed E-state index contributed by atoms with van der Waals surface area (Å²) in [7, 11) is 1.77. The van der Waals surface area contributed by atoms with Gasteiger partial charge in [0, 0.05) is 17.6 Å². The summed E-state index contributed by atoms with van der Waals surface area (Å²) >= 11 is 0. The van der Waals surface area contributed by atoms with Gasteiger partial charge in [-0.1, -0.05) is 24.3 Å². The number of carboxylic acid groups (broad SMARTS) is 1. The highest BCUT2D eigenvalue weighted by Crippen LogP contribution is 2.27. The SMILES string of the molecule is CNCC(Nc1ncnc2c(C(=O)O)cccc12)c1cccc(NC(=O)c2c(F)cccc2F)c1. The highest BCUT2D eigenvalue weighted by atomic mass is 19.1. The number of nitrogens with zero attached hydrogens (tertiary/aromatic N) is 2. The zero-order valence-electron chi connectivity index (χ0n) is 18.5. The minimum Gasteiger partial charge on any atom is -0.478 e. The van der Waals surface area contributed by atoms with E-state index in [4.69, 9.17) is 0 Å². The molecule has 0 radical (unpaired) electrons. The summed E-state index contributed by atoms with van der Waals surface area (Å²) in [4.78, 5) is 32.5. The summed E-state index contributed by atoms with van der Waals surface area (Å²) in [6, 6.07) is 14.5. The number of aromatic carboxylic acids is 1. The standard InChI is InChI=1S/C25H21F2N5O3/c1-28-12-20(32-23-16-7-3-8-17(25(34)35)22(16)29-13-30-23)14-5-2-6-15(11-14)31-24(33)21-18(26)9-4-10-19(21)27/h2-11,13,20,28H,12H2,1H3,(H,31,33)(H,34,35)(H,29,30,32). The van der Waals surface area contributed by atoms with Gasteiger partial charge in [-0.3, -0.25) is 4.79 Å². The number of benzene rings is 3. The predicted molar refractivity (Wildman–Crippen MR) is 128 cm³/mol. The molecule has 1 aromatic heterocycles. The topological polar surface area (TPSA) is 116 Å². The number of para-hydroxylation sites is 1. The summed E-state index contributed by atoms with van der Waals surface area (Å²) < 4.78 is 28.0. The molecule has 3 aromatic carbocycles. The molecule has 0 bridgehead atoms. The van der Waals surface area contributed by atoms with E-state index in [1.807, 2.05) is 6.07 Å². The van der Waals surface area contributed by atoms with Gasteiger partial charge in [-0.05, 0) is 49.0 Å². The lowest BCUT2D eigenvalue weighted by molar-refractivity contribution is 0.0698. The average Bonchev–Trinajstić information content (AvgIpc) is 2.83. The van der Waals surface area contributed by atoms with Crippen LogP contribution in [-0.2, 0) is 0 Å². The molecule has 10 heteroatoms.